The van der Waals surface area contributed by atoms with Gasteiger partial charge in [-0.15, -0.1) is 0 Å². The molecule has 0 aliphatic rings. The molecule has 0 fully saturated rings. The minimum atomic E-state index is -0.331. The van der Waals surface area contributed by atoms with Gasteiger partial charge in [0.15, 0.2) is 12.4 Å². The van der Waals surface area contributed by atoms with E-state index in [1.807, 2.05) is 6.92 Å². The topological polar surface area (TPSA) is 55.4 Å². The van der Waals surface area contributed by atoms with Crippen LogP contribution in [-0.4, -0.2) is 18.3 Å². The molecule has 5 heteroatoms. The van der Waals surface area contributed by atoms with Crippen molar-refractivity contribution in [2.24, 2.45) is 0 Å². The predicted molar refractivity (Wildman–Crippen MR) is 89.5 cm³/mol. The Kier molecular flexibility index (Phi) is 6.07. The Morgan fingerprint density at radius 2 is 1.83 bits per heavy atom. The largest absolute Gasteiger partial charge is 0.484 e. The van der Waals surface area contributed by atoms with Gasteiger partial charge in [-0.3, -0.25) is 9.59 Å². The van der Waals surface area contributed by atoms with Gasteiger partial charge in [-0.25, -0.2) is 4.39 Å². The summed E-state index contributed by atoms with van der Waals surface area (Å²) in [5.41, 5.74) is 2.26. The zero-order chi connectivity index (χ0) is 17.5. The second-order valence-corrected chi connectivity index (χ2v) is 5.44. The number of nitrogens with one attached hydrogen (secondary N) is 1. The molecule has 0 heterocycles. The lowest BCUT2D eigenvalue weighted by Gasteiger charge is -2.10. The molecule has 0 saturated heterocycles. The maximum atomic E-state index is 13.2. The van der Waals surface area contributed by atoms with E-state index in [-0.39, 0.29) is 30.7 Å². The highest BCUT2D eigenvalue weighted by Crippen LogP contribution is 2.13. The SMILES string of the molecule is CCC(=O)c1ccc(OCC(=O)NCc2cc(F)ccc2C)cc1. The van der Waals surface area contributed by atoms with Crippen LogP contribution >= 0.6 is 0 Å². The minimum Gasteiger partial charge on any atom is -0.484 e. The Morgan fingerprint density at radius 3 is 2.50 bits per heavy atom. The number of carbonyl (C=O) groups excluding carboxylic acids is 2. The van der Waals surface area contributed by atoms with Crippen LogP contribution in [0.2, 0.25) is 0 Å². The monoisotopic (exact) mass is 329 g/mol. The number of aryl methyl sites for hydroxylation is 1. The molecule has 0 aliphatic carbocycles. The van der Waals surface area contributed by atoms with Crippen LogP contribution in [0.25, 0.3) is 0 Å². The molecule has 24 heavy (non-hydrogen) atoms. The molecule has 0 radical (unpaired) electrons. The Balaban J connectivity index is 1.82. The lowest BCUT2D eigenvalue weighted by molar-refractivity contribution is -0.123. The van der Waals surface area contributed by atoms with Crippen molar-refractivity contribution in [2.45, 2.75) is 26.8 Å². The number of amides is 1. The van der Waals surface area contributed by atoms with Crippen molar-refractivity contribution in [1.29, 1.82) is 0 Å². The molecule has 2 aromatic rings. The number of ketones is 1. The van der Waals surface area contributed by atoms with Gasteiger partial charge in [0, 0.05) is 18.5 Å². The van der Waals surface area contributed by atoms with Crippen LogP contribution in [-0.2, 0) is 11.3 Å². The van der Waals surface area contributed by atoms with E-state index < -0.39 is 0 Å². The van der Waals surface area contributed by atoms with Crippen molar-refractivity contribution in [3.8, 4) is 5.75 Å². The van der Waals surface area contributed by atoms with Crippen molar-refractivity contribution in [3.63, 3.8) is 0 Å². The van der Waals surface area contributed by atoms with Crippen LogP contribution in [0.15, 0.2) is 42.5 Å². The van der Waals surface area contributed by atoms with Gasteiger partial charge in [-0.05, 0) is 54.4 Å². The van der Waals surface area contributed by atoms with Gasteiger partial charge in [-0.1, -0.05) is 13.0 Å². The number of hydrogen-bond acceptors (Lipinski definition) is 3. The van der Waals surface area contributed by atoms with E-state index >= 15 is 0 Å². The summed E-state index contributed by atoms with van der Waals surface area (Å²) in [6, 6.07) is 11.1. The van der Waals surface area contributed by atoms with E-state index in [2.05, 4.69) is 5.32 Å². The number of benzene rings is 2. The molecule has 1 N–H and O–H groups in total. The Hall–Kier alpha value is -2.69. The van der Waals surface area contributed by atoms with Gasteiger partial charge in [0.2, 0.25) is 0 Å². The van der Waals surface area contributed by atoms with Crippen molar-refractivity contribution in [3.05, 3.63) is 65.0 Å². The standard InChI is InChI=1S/C19H20FNO3/c1-3-18(22)14-5-8-17(9-6-14)24-12-19(23)21-11-15-10-16(20)7-4-13(15)2/h4-10H,3,11-12H2,1-2H3,(H,21,23). The zero-order valence-corrected chi connectivity index (χ0v) is 13.8. The molecule has 0 bridgehead atoms. The first kappa shape index (κ1) is 17.7. The second kappa shape index (κ2) is 8.24. The first-order chi connectivity index (χ1) is 11.5. The molecule has 0 spiro atoms. The van der Waals surface area contributed by atoms with Gasteiger partial charge in [0.05, 0.1) is 0 Å². The van der Waals surface area contributed by atoms with Crippen LogP contribution in [0.4, 0.5) is 4.39 Å². The number of halogens is 1. The third-order valence-corrected chi connectivity index (χ3v) is 3.65. The van der Waals surface area contributed by atoms with Gasteiger partial charge in [0.25, 0.3) is 5.91 Å². The lowest BCUT2D eigenvalue weighted by Crippen LogP contribution is -2.28. The highest BCUT2D eigenvalue weighted by atomic mass is 19.1. The normalized spacial score (nSPS) is 10.3. The molecular weight excluding hydrogens is 309 g/mol. The van der Waals surface area contributed by atoms with E-state index in [1.54, 1.807) is 37.3 Å². The molecule has 2 aromatic carbocycles. The van der Waals surface area contributed by atoms with Crippen LogP contribution in [0.1, 0.15) is 34.8 Å². The van der Waals surface area contributed by atoms with Crippen molar-refractivity contribution >= 4 is 11.7 Å². The summed E-state index contributed by atoms with van der Waals surface area (Å²) < 4.78 is 18.6. The molecule has 126 valence electrons. The van der Waals surface area contributed by atoms with E-state index in [0.29, 0.717) is 17.7 Å². The summed E-state index contributed by atoms with van der Waals surface area (Å²) in [7, 11) is 0. The second-order valence-electron chi connectivity index (χ2n) is 5.44. The number of hydrogen-bond donors (Lipinski definition) is 1. The Morgan fingerprint density at radius 1 is 1.12 bits per heavy atom. The highest BCUT2D eigenvalue weighted by molar-refractivity contribution is 5.95. The summed E-state index contributed by atoms with van der Waals surface area (Å²) >= 11 is 0. The average molecular weight is 329 g/mol. The molecule has 0 aliphatic heterocycles. The number of carbonyl (C=O) groups is 2. The average Bonchev–Trinajstić information content (AvgIpc) is 2.60. The van der Waals surface area contributed by atoms with Crippen molar-refractivity contribution < 1.29 is 18.7 Å². The fourth-order valence-electron chi connectivity index (χ4n) is 2.17. The molecule has 1 amide bonds. The fourth-order valence-corrected chi connectivity index (χ4v) is 2.17. The first-order valence-electron chi connectivity index (χ1n) is 7.77. The fraction of sp³-hybridized carbons (Fsp3) is 0.263. The van der Waals surface area contributed by atoms with Crippen molar-refractivity contribution in [1.82, 2.24) is 5.32 Å². The van der Waals surface area contributed by atoms with Gasteiger partial charge < -0.3 is 10.1 Å². The van der Waals surface area contributed by atoms with E-state index in [1.165, 1.54) is 12.1 Å². The van der Waals surface area contributed by atoms with Crippen LogP contribution in [0.3, 0.4) is 0 Å². The molecule has 0 aromatic heterocycles. The molecule has 4 nitrogen and oxygen atoms in total. The van der Waals surface area contributed by atoms with Crippen LogP contribution in [0, 0.1) is 12.7 Å². The van der Waals surface area contributed by atoms with Gasteiger partial charge in [0.1, 0.15) is 11.6 Å². The van der Waals surface area contributed by atoms with Crippen molar-refractivity contribution in [2.75, 3.05) is 6.61 Å². The third-order valence-electron chi connectivity index (χ3n) is 3.65. The molecule has 0 atom stereocenters. The number of ether oxygens (including phenoxy) is 1. The maximum Gasteiger partial charge on any atom is 0.258 e. The Bertz CT molecular complexity index is 726. The summed E-state index contributed by atoms with van der Waals surface area (Å²) in [5.74, 6) is -0.0558. The maximum absolute atomic E-state index is 13.2. The first-order valence-corrected chi connectivity index (χ1v) is 7.77. The minimum absolute atomic E-state index is 0.0600. The van der Waals surface area contributed by atoms with Crippen LogP contribution < -0.4 is 10.1 Å². The molecule has 0 saturated carbocycles. The molecule has 0 unspecified atom stereocenters. The number of Topliss-reactive ketones (excluding diaryl/α,β-unsaturated/α-hetero) is 1. The molecule has 2 rings (SSSR count). The molecular formula is C19H20FNO3. The Labute approximate surface area is 140 Å². The summed E-state index contributed by atoms with van der Waals surface area (Å²) in [5, 5.41) is 2.69. The van der Waals surface area contributed by atoms with Gasteiger partial charge in [-0.2, -0.15) is 0 Å². The summed E-state index contributed by atoms with van der Waals surface area (Å²) in [6.45, 7) is 3.76. The quantitative estimate of drug-likeness (QED) is 0.792. The van der Waals surface area contributed by atoms with Gasteiger partial charge >= 0.3 is 0 Å². The number of rotatable bonds is 7. The van der Waals surface area contributed by atoms with E-state index in [9.17, 15) is 14.0 Å². The summed E-state index contributed by atoms with van der Waals surface area (Å²) in [4.78, 5) is 23.4. The van der Waals surface area contributed by atoms with E-state index in [4.69, 9.17) is 4.74 Å². The third kappa shape index (κ3) is 4.91. The smallest absolute Gasteiger partial charge is 0.258 e. The summed E-state index contributed by atoms with van der Waals surface area (Å²) in [6.07, 6.45) is 0.447. The highest BCUT2D eigenvalue weighted by Gasteiger charge is 2.07. The van der Waals surface area contributed by atoms with E-state index in [0.717, 1.165) is 11.1 Å². The van der Waals surface area contributed by atoms with Crippen LogP contribution in [0.5, 0.6) is 5.75 Å². The lowest BCUT2D eigenvalue weighted by atomic mass is 10.1. The predicted octanol–water partition coefficient (Wildman–Crippen LogP) is 3.42. The zero-order valence-electron chi connectivity index (χ0n) is 13.8.